The van der Waals surface area contributed by atoms with Crippen molar-refractivity contribution in [3.8, 4) is 0 Å². The number of hydrogen-bond acceptors (Lipinski definition) is 4. The van der Waals surface area contributed by atoms with Crippen LogP contribution in [0.2, 0.25) is 0 Å². The molecule has 5 nitrogen and oxygen atoms in total. The van der Waals surface area contributed by atoms with Gasteiger partial charge in [-0.3, -0.25) is 9.78 Å². The molecule has 5 heteroatoms. The van der Waals surface area contributed by atoms with E-state index in [9.17, 15) is 4.79 Å². The number of nitrogens with one attached hydrogen (secondary N) is 2. The lowest BCUT2D eigenvalue weighted by atomic mass is 10.1. The Kier molecular flexibility index (Phi) is 5.30. The molecule has 0 aliphatic carbocycles. The molecule has 0 saturated carbocycles. The Hall–Kier alpha value is -1.46. The topological polar surface area (TPSA) is 63.2 Å². The highest BCUT2D eigenvalue weighted by Gasteiger charge is 2.13. The summed E-state index contributed by atoms with van der Waals surface area (Å²) in [5.41, 5.74) is 1.79. The predicted molar refractivity (Wildman–Crippen MR) is 74.1 cm³/mol. The Bertz CT molecular complexity index is 417. The first-order valence-corrected chi connectivity index (χ1v) is 6.78. The third-order valence-electron chi connectivity index (χ3n) is 3.28. The first-order valence-electron chi connectivity index (χ1n) is 6.78. The van der Waals surface area contributed by atoms with Gasteiger partial charge in [0.2, 0.25) is 5.91 Å². The molecule has 1 saturated heterocycles. The summed E-state index contributed by atoms with van der Waals surface area (Å²) in [6.07, 6.45) is 6.13. The molecule has 0 spiro atoms. The van der Waals surface area contributed by atoms with E-state index < -0.39 is 0 Å². The van der Waals surface area contributed by atoms with Crippen LogP contribution in [0.15, 0.2) is 18.5 Å². The molecule has 104 valence electrons. The van der Waals surface area contributed by atoms with Crippen LogP contribution in [-0.4, -0.2) is 36.7 Å². The van der Waals surface area contributed by atoms with E-state index in [0.717, 1.165) is 37.2 Å². The second-order valence-corrected chi connectivity index (χ2v) is 4.81. The fourth-order valence-electron chi connectivity index (χ4n) is 2.09. The maximum atomic E-state index is 11.8. The van der Waals surface area contributed by atoms with Crippen LogP contribution >= 0.6 is 0 Å². The van der Waals surface area contributed by atoms with E-state index in [0.29, 0.717) is 19.1 Å². The fraction of sp³-hybridized carbons (Fsp3) is 0.571. The lowest BCUT2D eigenvalue weighted by molar-refractivity contribution is -0.117. The van der Waals surface area contributed by atoms with Crippen LogP contribution in [0.4, 0.5) is 5.69 Å². The van der Waals surface area contributed by atoms with E-state index >= 15 is 0 Å². The van der Waals surface area contributed by atoms with Gasteiger partial charge in [0.05, 0.1) is 31.0 Å². The molecule has 0 aromatic carbocycles. The highest BCUT2D eigenvalue weighted by Crippen LogP contribution is 2.12. The zero-order valence-corrected chi connectivity index (χ0v) is 11.3. The van der Waals surface area contributed by atoms with Gasteiger partial charge in [-0.05, 0) is 44.5 Å². The van der Waals surface area contributed by atoms with Crippen LogP contribution in [0.1, 0.15) is 24.8 Å². The summed E-state index contributed by atoms with van der Waals surface area (Å²) in [7, 11) is 0. The van der Waals surface area contributed by atoms with Gasteiger partial charge in [0.25, 0.3) is 0 Å². The van der Waals surface area contributed by atoms with Gasteiger partial charge in [-0.2, -0.15) is 0 Å². The molecule has 1 aromatic heterocycles. The number of piperidine rings is 1. The van der Waals surface area contributed by atoms with E-state index in [2.05, 4.69) is 15.6 Å². The molecule has 0 bridgehead atoms. The molecule has 2 rings (SSSR count). The van der Waals surface area contributed by atoms with Crippen LogP contribution in [-0.2, 0) is 9.53 Å². The van der Waals surface area contributed by atoms with Crippen molar-refractivity contribution in [1.82, 2.24) is 10.3 Å². The van der Waals surface area contributed by atoms with Crippen LogP contribution < -0.4 is 10.6 Å². The number of amides is 1. The summed E-state index contributed by atoms with van der Waals surface area (Å²) in [6.45, 7) is 4.44. The molecule has 0 radical (unpaired) electrons. The minimum Gasteiger partial charge on any atom is -0.378 e. The van der Waals surface area contributed by atoms with Gasteiger partial charge in [-0.1, -0.05) is 0 Å². The minimum absolute atomic E-state index is 0.0231. The van der Waals surface area contributed by atoms with Crippen LogP contribution in [0.3, 0.4) is 0 Å². The third-order valence-corrected chi connectivity index (χ3v) is 3.28. The average Bonchev–Trinajstić information content (AvgIpc) is 2.43. The second-order valence-electron chi connectivity index (χ2n) is 4.81. The zero-order valence-electron chi connectivity index (χ0n) is 11.3. The molecule has 19 heavy (non-hydrogen) atoms. The summed E-state index contributed by atoms with van der Waals surface area (Å²) < 4.78 is 5.71. The normalized spacial score (nSPS) is 16.3. The van der Waals surface area contributed by atoms with E-state index in [1.54, 1.807) is 12.4 Å². The van der Waals surface area contributed by atoms with Crippen LogP contribution in [0, 0.1) is 6.92 Å². The van der Waals surface area contributed by atoms with Crippen molar-refractivity contribution in [2.24, 2.45) is 0 Å². The third kappa shape index (κ3) is 4.61. The van der Waals surface area contributed by atoms with Crippen molar-refractivity contribution in [2.75, 3.05) is 25.0 Å². The SMILES string of the molecule is Cc1ccncc1NC(=O)CCOC1CCNCC1. The molecule has 2 heterocycles. The molecule has 1 aliphatic rings. The number of rotatable bonds is 5. The standard InChI is InChI=1S/C14H21N3O2/c1-11-2-6-16-10-13(11)17-14(18)5-9-19-12-3-7-15-8-4-12/h2,6,10,12,15H,3-5,7-9H2,1H3,(H,17,18). The maximum Gasteiger partial charge on any atom is 0.226 e. The van der Waals surface area contributed by atoms with Crippen LogP contribution in [0.5, 0.6) is 0 Å². The minimum atomic E-state index is -0.0231. The summed E-state index contributed by atoms with van der Waals surface area (Å²) in [5.74, 6) is -0.0231. The molecule has 0 unspecified atom stereocenters. The number of pyridine rings is 1. The van der Waals surface area contributed by atoms with Gasteiger partial charge in [0, 0.05) is 6.20 Å². The van der Waals surface area contributed by atoms with Crippen LogP contribution in [0.25, 0.3) is 0 Å². The highest BCUT2D eigenvalue weighted by atomic mass is 16.5. The molecule has 1 fully saturated rings. The van der Waals surface area contributed by atoms with Crippen molar-refractivity contribution in [3.05, 3.63) is 24.0 Å². The molecule has 1 amide bonds. The monoisotopic (exact) mass is 263 g/mol. The summed E-state index contributed by atoms with van der Waals surface area (Å²) in [5, 5.41) is 6.14. The number of hydrogen-bond donors (Lipinski definition) is 2. The lowest BCUT2D eigenvalue weighted by Gasteiger charge is -2.22. The van der Waals surface area contributed by atoms with Crippen molar-refractivity contribution in [1.29, 1.82) is 0 Å². The van der Waals surface area contributed by atoms with Crippen molar-refractivity contribution in [2.45, 2.75) is 32.3 Å². The number of aromatic nitrogens is 1. The zero-order chi connectivity index (χ0) is 13.5. The molecule has 0 atom stereocenters. The van der Waals surface area contributed by atoms with Crippen molar-refractivity contribution >= 4 is 11.6 Å². The number of anilines is 1. The Morgan fingerprint density at radius 2 is 2.32 bits per heavy atom. The van der Waals surface area contributed by atoms with Gasteiger partial charge in [0.1, 0.15) is 0 Å². The fourth-order valence-corrected chi connectivity index (χ4v) is 2.09. The van der Waals surface area contributed by atoms with E-state index in [-0.39, 0.29) is 5.91 Å². The number of nitrogens with zero attached hydrogens (tertiary/aromatic N) is 1. The van der Waals surface area contributed by atoms with Crippen molar-refractivity contribution < 1.29 is 9.53 Å². The highest BCUT2D eigenvalue weighted by molar-refractivity contribution is 5.91. The maximum absolute atomic E-state index is 11.8. The number of ether oxygens (including phenoxy) is 1. The molecule has 1 aliphatic heterocycles. The molecule has 2 N–H and O–H groups in total. The Morgan fingerprint density at radius 3 is 3.05 bits per heavy atom. The summed E-state index contributed by atoms with van der Waals surface area (Å²) in [4.78, 5) is 15.8. The quantitative estimate of drug-likeness (QED) is 0.845. The van der Waals surface area contributed by atoms with E-state index in [1.807, 2.05) is 13.0 Å². The van der Waals surface area contributed by atoms with Crippen molar-refractivity contribution in [3.63, 3.8) is 0 Å². The number of carbonyl (C=O) groups excluding carboxylic acids is 1. The lowest BCUT2D eigenvalue weighted by Crippen LogP contribution is -2.33. The van der Waals surface area contributed by atoms with E-state index in [1.165, 1.54) is 0 Å². The Labute approximate surface area is 113 Å². The Balaban J connectivity index is 1.68. The largest absolute Gasteiger partial charge is 0.378 e. The number of carbonyl (C=O) groups is 1. The van der Waals surface area contributed by atoms with Gasteiger partial charge in [-0.15, -0.1) is 0 Å². The molecular formula is C14H21N3O2. The predicted octanol–water partition coefficient (Wildman–Crippen LogP) is 1.49. The van der Waals surface area contributed by atoms with Gasteiger partial charge in [-0.25, -0.2) is 0 Å². The molecular weight excluding hydrogens is 242 g/mol. The van der Waals surface area contributed by atoms with Gasteiger partial charge < -0.3 is 15.4 Å². The average molecular weight is 263 g/mol. The second kappa shape index (κ2) is 7.21. The first-order chi connectivity index (χ1) is 9.25. The van der Waals surface area contributed by atoms with E-state index in [4.69, 9.17) is 4.74 Å². The van der Waals surface area contributed by atoms with Gasteiger partial charge >= 0.3 is 0 Å². The summed E-state index contributed by atoms with van der Waals surface area (Å²) in [6, 6.07) is 1.88. The van der Waals surface area contributed by atoms with Gasteiger partial charge in [0.15, 0.2) is 0 Å². The smallest absolute Gasteiger partial charge is 0.226 e. The first kappa shape index (κ1) is 14.0. The summed E-state index contributed by atoms with van der Waals surface area (Å²) >= 11 is 0. The Morgan fingerprint density at radius 1 is 1.53 bits per heavy atom. The number of aryl methyl sites for hydroxylation is 1. The molecule has 1 aromatic rings.